The minimum Gasteiger partial charge on any atom is -0.460 e. The lowest BCUT2D eigenvalue weighted by atomic mass is 10.1. The number of ether oxygens (including phenoxy) is 1. The van der Waals surface area contributed by atoms with Gasteiger partial charge in [-0.15, -0.1) is 0 Å². The summed E-state index contributed by atoms with van der Waals surface area (Å²) in [5, 5.41) is 0.540. The molecule has 0 fully saturated rings. The van der Waals surface area contributed by atoms with E-state index in [2.05, 4.69) is 4.72 Å². The molecule has 1 aliphatic rings. The Balaban J connectivity index is 1.52. The number of rotatable bonds is 7. The van der Waals surface area contributed by atoms with Gasteiger partial charge in [-0.2, -0.15) is 0 Å². The molecule has 0 aliphatic carbocycles. The number of amides is 1. The SMILES string of the molecule is CCOC(=O)c1oc2ccc(S(=O)(=O)NCc3ccc4c(c3)CCN4C(=O)C(C)C)cc2c1C. The molecule has 8 nitrogen and oxygen atoms in total. The zero-order valence-corrected chi connectivity index (χ0v) is 20.5. The van der Waals surface area contributed by atoms with Crippen LogP contribution in [0.4, 0.5) is 5.69 Å². The smallest absolute Gasteiger partial charge is 0.374 e. The van der Waals surface area contributed by atoms with E-state index < -0.39 is 16.0 Å². The lowest BCUT2D eigenvalue weighted by Gasteiger charge is -2.19. The zero-order chi connectivity index (χ0) is 24.6. The Hall–Kier alpha value is -3.17. The third-order valence-electron chi connectivity index (χ3n) is 5.94. The second-order valence-electron chi connectivity index (χ2n) is 8.62. The van der Waals surface area contributed by atoms with E-state index in [1.807, 2.05) is 32.0 Å². The summed E-state index contributed by atoms with van der Waals surface area (Å²) >= 11 is 0. The van der Waals surface area contributed by atoms with Gasteiger partial charge in [0.1, 0.15) is 5.58 Å². The van der Waals surface area contributed by atoms with Crippen molar-refractivity contribution >= 4 is 38.6 Å². The Morgan fingerprint density at radius 3 is 2.65 bits per heavy atom. The fourth-order valence-corrected chi connectivity index (χ4v) is 5.17. The van der Waals surface area contributed by atoms with E-state index >= 15 is 0 Å². The minimum absolute atomic E-state index is 0.0718. The van der Waals surface area contributed by atoms with E-state index in [0.717, 1.165) is 23.2 Å². The number of anilines is 1. The van der Waals surface area contributed by atoms with Gasteiger partial charge >= 0.3 is 5.97 Å². The molecule has 0 unspecified atom stereocenters. The maximum Gasteiger partial charge on any atom is 0.374 e. The molecule has 180 valence electrons. The van der Waals surface area contributed by atoms with Crippen LogP contribution in [0.25, 0.3) is 11.0 Å². The second kappa shape index (κ2) is 9.23. The summed E-state index contributed by atoms with van der Waals surface area (Å²) in [6.45, 7) is 8.12. The van der Waals surface area contributed by atoms with E-state index in [0.29, 0.717) is 23.1 Å². The summed E-state index contributed by atoms with van der Waals surface area (Å²) in [5.74, 6) is -0.503. The molecule has 1 amide bonds. The van der Waals surface area contributed by atoms with Crippen molar-refractivity contribution in [3.8, 4) is 0 Å². The number of sulfonamides is 1. The molecule has 1 N–H and O–H groups in total. The van der Waals surface area contributed by atoms with Crippen molar-refractivity contribution in [2.75, 3.05) is 18.1 Å². The fraction of sp³-hybridized carbons (Fsp3) is 0.360. The van der Waals surface area contributed by atoms with Crippen LogP contribution in [-0.2, 0) is 32.5 Å². The molecule has 4 rings (SSSR count). The van der Waals surface area contributed by atoms with E-state index in [4.69, 9.17) is 9.15 Å². The number of esters is 1. The Kier molecular flexibility index (Phi) is 6.51. The molecule has 34 heavy (non-hydrogen) atoms. The third kappa shape index (κ3) is 4.45. The lowest BCUT2D eigenvalue weighted by Crippen LogP contribution is -2.32. The lowest BCUT2D eigenvalue weighted by molar-refractivity contribution is -0.121. The van der Waals surface area contributed by atoms with Crippen molar-refractivity contribution in [2.45, 2.75) is 45.6 Å². The third-order valence-corrected chi connectivity index (χ3v) is 7.34. The average Bonchev–Trinajstić information content (AvgIpc) is 3.38. The Morgan fingerprint density at radius 2 is 1.94 bits per heavy atom. The predicted molar refractivity (Wildman–Crippen MR) is 128 cm³/mol. The molecule has 0 atom stereocenters. The van der Waals surface area contributed by atoms with Gasteiger partial charge in [-0.1, -0.05) is 26.0 Å². The number of nitrogens with zero attached hydrogens (tertiary/aromatic N) is 1. The molecule has 1 aromatic heterocycles. The highest BCUT2D eigenvalue weighted by molar-refractivity contribution is 7.89. The fourth-order valence-electron chi connectivity index (χ4n) is 4.13. The van der Waals surface area contributed by atoms with Gasteiger partial charge in [-0.3, -0.25) is 4.79 Å². The van der Waals surface area contributed by atoms with Crippen molar-refractivity contribution in [1.82, 2.24) is 4.72 Å². The van der Waals surface area contributed by atoms with Crippen molar-refractivity contribution in [1.29, 1.82) is 0 Å². The highest BCUT2D eigenvalue weighted by Gasteiger charge is 2.27. The molecule has 2 aromatic carbocycles. The van der Waals surface area contributed by atoms with Crippen LogP contribution in [-0.4, -0.2) is 33.4 Å². The molecule has 0 saturated heterocycles. The Labute approximate surface area is 198 Å². The summed E-state index contributed by atoms with van der Waals surface area (Å²) < 4.78 is 39.1. The van der Waals surface area contributed by atoms with Gasteiger partial charge in [0.15, 0.2) is 0 Å². The number of carbonyl (C=O) groups excluding carboxylic acids is 2. The molecule has 0 radical (unpaired) electrons. The van der Waals surface area contributed by atoms with Gasteiger partial charge in [0.05, 0.1) is 11.5 Å². The average molecular weight is 485 g/mol. The van der Waals surface area contributed by atoms with Gasteiger partial charge in [0.25, 0.3) is 0 Å². The van der Waals surface area contributed by atoms with E-state index in [1.54, 1.807) is 18.7 Å². The first kappa shape index (κ1) is 24.0. The Bertz CT molecular complexity index is 1370. The summed E-state index contributed by atoms with van der Waals surface area (Å²) in [4.78, 5) is 26.3. The van der Waals surface area contributed by atoms with E-state index in [-0.39, 0.29) is 35.6 Å². The molecule has 0 spiro atoms. The highest BCUT2D eigenvalue weighted by atomic mass is 32.2. The first-order valence-electron chi connectivity index (χ1n) is 11.3. The first-order chi connectivity index (χ1) is 16.1. The minimum atomic E-state index is -3.81. The number of aryl methyl sites for hydroxylation is 1. The second-order valence-corrected chi connectivity index (χ2v) is 10.4. The Morgan fingerprint density at radius 1 is 1.18 bits per heavy atom. The molecule has 3 aromatic rings. The largest absolute Gasteiger partial charge is 0.460 e. The monoisotopic (exact) mass is 484 g/mol. The molecular weight excluding hydrogens is 456 g/mol. The predicted octanol–water partition coefficient (Wildman–Crippen LogP) is 3.94. The van der Waals surface area contributed by atoms with Crippen LogP contribution >= 0.6 is 0 Å². The van der Waals surface area contributed by atoms with Crippen LogP contribution in [0.2, 0.25) is 0 Å². The number of benzene rings is 2. The number of furan rings is 1. The summed E-state index contributed by atoms with van der Waals surface area (Å²) in [5.41, 5.74) is 3.69. The van der Waals surface area contributed by atoms with Gasteiger partial charge < -0.3 is 14.1 Å². The van der Waals surface area contributed by atoms with Gasteiger partial charge in [0.2, 0.25) is 21.7 Å². The molecule has 9 heteroatoms. The number of hydrogen-bond acceptors (Lipinski definition) is 6. The molecule has 0 saturated carbocycles. The van der Waals surface area contributed by atoms with Crippen molar-refractivity contribution in [3.05, 3.63) is 58.8 Å². The zero-order valence-electron chi connectivity index (χ0n) is 19.7. The van der Waals surface area contributed by atoms with Crippen molar-refractivity contribution in [3.63, 3.8) is 0 Å². The molecule has 1 aliphatic heterocycles. The molecule has 0 bridgehead atoms. The standard InChI is InChI=1S/C25H28N2O6S/c1-5-32-25(29)23-16(4)20-13-19(7-9-22(20)33-23)34(30,31)26-14-17-6-8-21-18(12-17)10-11-27(21)24(28)15(2)3/h6-9,12-13,15,26H,5,10-11,14H2,1-4H3. The van der Waals surface area contributed by atoms with Crippen LogP contribution < -0.4 is 9.62 Å². The van der Waals surface area contributed by atoms with Gasteiger partial charge in [-0.25, -0.2) is 17.9 Å². The quantitative estimate of drug-likeness (QED) is 0.509. The number of nitrogens with one attached hydrogen (secondary N) is 1. The van der Waals surface area contributed by atoms with Gasteiger partial charge in [0, 0.05) is 35.6 Å². The van der Waals surface area contributed by atoms with Crippen LogP contribution in [0.3, 0.4) is 0 Å². The van der Waals surface area contributed by atoms with Crippen LogP contribution in [0.5, 0.6) is 0 Å². The summed E-state index contributed by atoms with van der Waals surface area (Å²) in [7, 11) is -3.81. The highest BCUT2D eigenvalue weighted by Crippen LogP contribution is 2.31. The number of fused-ring (bicyclic) bond motifs is 2. The first-order valence-corrected chi connectivity index (χ1v) is 12.7. The van der Waals surface area contributed by atoms with Crippen LogP contribution in [0, 0.1) is 12.8 Å². The molecular formula is C25H28N2O6S. The maximum absolute atomic E-state index is 13.0. The van der Waals surface area contributed by atoms with E-state index in [1.165, 1.54) is 18.2 Å². The van der Waals surface area contributed by atoms with Crippen molar-refractivity contribution in [2.24, 2.45) is 5.92 Å². The number of carbonyl (C=O) groups is 2. The van der Waals surface area contributed by atoms with Crippen molar-refractivity contribution < 1.29 is 27.2 Å². The normalized spacial score (nSPS) is 13.5. The number of hydrogen-bond donors (Lipinski definition) is 1. The van der Waals surface area contributed by atoms with Crippen LogP contribution in [0.15, 0.2) is 45.7 Å². The van der Waals surface area contributed by atoms with Crippen LogP contribution in [0.1, 0.15) is 48.0 Å². The summed E-state index contributed by atoms with van der Waals surface area (Å²) in [6, 6.07) is 10.1. The maximum atomic E-state index is 13.0. The topological polar surface area (TPSA) is 106 Å². The van der Waals surface area contributed by atoms with E-state index in [9.17, 15) is 18.0 Å². The summed E-state index contributed by atoms with van der Waals surface area (Å²) in [6.07, 6.45) is 0.744. The van der Waals surface area contributed by atoms with Gasteiger partial charge in [-0.05, 0) is 55.7 Å². The molecule has 2 heterocycles.